The van der Waals surface area contributed by atoms with Gasteiger partial charge in [0.15, 0.2) is 5.82 Å². The molecule has 0 saturated carbocycles. The molecule has 2 aromatic heterocycles. The number of para-hydroxylation sites is 1. The molecule has 0 fully saturated rings. The van der Waals surface area contributed by atoms with Gasteiger partial charge in [0.05, 0.1) is 5.52 Å². The van der Waals surface area contributed by atoms with E-state index < -0.39 is 0 Å². The van der Waals surface area contributed by atoms with Gasteiger partial charge in [-0.3, -0.25) is 14.9 Å². The van der Waals surface area contributed by atoms with E-state index in [9.17, 15) is 4.79 Å². The highest BCUT2D eigenvalue weighted by molar-refractivity contribution is 5.96. The monoisotopic (exact) mass is 238 g/mol. The summed E-state index contributed by atoms with van der Waals surface area (Å²) in [5.41, 5.74) is 1.84. The number of nitrogens with one attached hydrogen (secondary N) is 1. The average Bonchev–Trinajstić information content (AvgIpc) is 2.93. The Balaban J connectivity index is 1.98. The SMILES string of the molecule is O=C(Cc1ccnc2ccccc12)c1ncn[nH]1. The summed E-state index contributed by atoms with van der Waals surface area (Å²) in [4.78, 5) is 20.1. The molecule has 0 bridgehead atoms. The number of aromatic nitrogens is 4. The Labute approximate surface area is 103 Å². The quantitative estimate of drug-likeness (QED) is 0.706. The number of H-pyrrole nitrogens is 1. The van der Waals surface area contributed by atoms with Crippen LogP contribution < -0.4 is 0 Å². The number of hydrogen-bond donors (Lipinski definition) is 1. The van der Waals surface area contributed by atoms with Gasteiger partial charge in [-0.2, -0.15) is 5.10 Å². The molecule has 0 atom stereocenters. The molecule has 0 amide bonds. The van der Waals surface area contributed by atoms with Gasteiger partial charge in [-0.1, -0.05) is 18.2 Å². The van der Waals surface area contributed by atoms with Crippen LogP contribution >= 0.6 is 0 Å². The molecule has 1 N–H and O–H groups in total. The highest BCUT2D eigenvalue weighted by Crippen LogP contribution is 2.17. The molecule has 5 nitrogen and oxygen atoms in total. The summed E-state index contributed by atoms with van der Waals surface area (Å²) in [6.07, 6.45) is 3.33. The molecule has 1 aromatic carbocycles. The maximum absolute atomic E-state index is 12.0. The fourth-order valence-electron chi connectivity index (χ4n) is 1.91. The molecule has 3 rings (SSSR count). The maximum Gasteiger partial charge on any atom is 0.203 e. The first-order valence-corrected chi connectivity index (χ1v) is 5.56. The van der Waals surface area contributed by atoms with Gasteiger partial charge in [-0.05, 0) is 17.7 Å². The van der Waals surface area contributed by atoms with Crippen molar-refractivity contribution in [3.8, 4) is 0 Å². The molecule has 88 valence electrons. The number of nitrogens with zero attached hydrogens (tertiary/aromatic N) is 3. The molecule has 0 saturated heterocycles. The van der Waals surface area contributed by atoms with Crippen LogP contribution in [0.25, 0.3) is 10.9 Å². The van der Waals surface area contributed by atoms with E-state index in [2.05, 4.69) is 20.2 Å². The van der Waals surface area contributed by atoms with Crippen molar-refractivity contribution in [2.75, 3.05) is 0 Å². The Hall–Kier alpha value is -2.56. The standard InChI is InChI=1S/C13H10N4O/c18-12(13-15-8-16-17-13)7-9-5-6-14-11-4-2-1-3-10(9)11/h1-6,8H,7H2,(H,15,16,17). The topological polar surface area (TPSA) is 71.5 Å². The predicted molar refractivity (Wildman–Crippen MR) is 66.2 cm³/mol. The highest BCUT2D eigenvalue weighted by atomic mass is 16.1. The second kappa shape index (κ2) is 4.37. The fraction of sp³-hybridized carbons (Fsp3) is 0.0769. The largest absolute Gasteiger partial charge is 0.290 e. The second-order valence-corrected chi connectivity index (χ2v) is 3.92. The number of pyridine rings is 1. The minimum absolute atomic E-state index is 0.0798. The Morgan fingerprint density at radius 3 is 2.89 bits per heavy atom. The number of rotatable bonds is 3. The lowest BCUT2D eigenvalue weighted by Gasteiger charge is -2.03. The fourth-order valence-corrected chi connectivity index (χ4v) is 1.91. The van der Waals surface area contributed by atoms with Gasteiger partial charge in [0.25, 0.3) is 0 Å². The zero-order valence-electron chi connectivity index (χ0n) is 9.50. The van der Waals surface area contributed by atoms with Crippen LogP contribution in [0.1, 0.15) is 16.2 Å². The van der Waals surface area contributed by atoms with E-state index in [0.29, 0.717) is 0 Å². The molecule has 0 aliphatic carbocycles. The molecular formula is C13H10N4O. The lowest BCUT2D eigenvalue weighted by atomic mass is 10.0. The molecule has 0 aliphatic heterocycles. The molecular weight excluding hydrogens is 228 g/mol. The predicted octanol–water partition coefficient (Wildman–Crippen LogP) is 1.78. The van der Waals surface area contributed by atoms with Crippen molar-refractivity contribution < 1.29 is 4.79 Å². The van der Waals surface area contributed by atoms with Crippen LogP contribution in [0.15, 0.2) is 42.9 Å². The summed E-state index contributed by atoms with van der Waals surface area (Å²) in [5.74, 6) is 0.208. The third kappa shape index (κ3) is 1.86. The van der Waals surface area contributed by atoms with Crippen LogP contribution in [-0.2, 0) is 6.42 Å². The first kappa shape index (κ1) is 10.6. The number of carbonyl (C=O) groups is 1. The maximum atomic E-state index is 12.0. The summed E-state index contributed by atoms with van der Waals surface area (Å²) < 4.78 is 0. The summed E-state index contributed by atoms with van der Waals surface area (Å²) in [6.45, 7) is 0. The number of aromatic amines is 1. The third-order valence-corrected chi connectivity index (χ3v) is 2.77. The molecule has 2 heterocycles. The minimum atomic E-state index is -0.0798. The normalized spacial score (nSPS) is 10.7. The van der Waals surface area contributed by atoms with Crippen molar-refractivity contribution in [1.82, 2.24) is 20.2 Å². The number of hydrogen-bond acceptors (Lipinski definition) is 4. The van der Waals surface area contributed by atoms with Crippen LogP contribution in [0.5, 0.6) is 0 Å². The molecule has 18 heavy (non-hydrogen) atoms. The summed E-state index contributed by atoms with van der Waals surface area (Å²) >= 11 is 0. The molecule has 0 spiro atoms. The molecule has 0 aliphatic rings. The highest BCUT2D eigenvalue weighted by Gasteiger charge is 2.11. The van der Waals surface area contributed by atoms with Crippen LogP contribution in [-0.4, -0.2) is 25.9 Å². The Kier molecular flexibility index (Phi) is 2.57. The van der Waals surface area contributed by atoms with Crippen LogP contribution in [0, 0.1) is 0 Å². The number of carbonyl (C=O) groups excluding carboxylic acids is 1. The van der Waals surface area contributed by atoms with Gasteiger partial charge in [-0.15, -0.1) is 0 Å². The van der Waals surface area contributed by atoms with E-state index in [0.717, 1.165) is 16.5 Å². The van der Waals surface area contributed by atoms with E-state index in [1.165, 1.54) is 6.33 Å². The van der Waals surface area contributed by atoms with E-state index in [4.69, 9.17) is 0 Å². The molecule has 3 aromatic rings. The Bertz CT molecular complexity index is 686. The molecule has 0 radical (unpaired) electrons. The van der Waals surface area contributed by atoms with E-state index >= 15 is 0 Å². The van der Waals surface area contributed by atoms with Crippen LogP contribution in [0.3, 0.4) is 0 Å². The van der Waals surface area contributed by atoms with Crippen molar-refractivity contribution in [2.45, 2.75) is 6.42 Å². The Morgan fingerprint density at radius 2 is 2.06 bits per heavy atom. The van der Waals surface area contributed by atoms with Crippen molar-refractivity contribution in [2.24, 2.45) is 0 Å². The first-order chi connectivity index (χ1) is 8.84. The Morgan fingerprint density at radius 1 is 1.17 bits per heavy atom. The van der Waals surface area contributed by atoms with Crippen LogP contribution in [0.4, 0.5) is 0 Å². The lowest BCUT2D eigenvalue weighted by Crippen LogP contribution is -2.06. The average molecular weight is 238 g/mol. The summed E-state index contributed by atoms with van der Waals surface area (Å²) in [5, 5.41) is 7.25. The number of Topliss-reactive ketones (excluding diaryl/α,β-unsaturated/α-hetero) is 1. The molecule has 5 heteroatoms. The van der Waals surface area contributed by atoms with E-state index in [-0.39, 0.29) is 18.0 Å². The van der Waals surface area contributed by atoms with Gasteiger partial charge in [-0.25, -0.2) is 4.98 Å². The number of fused-ring (bicyclic) bond motifs is 1. The van der Waals surface area contributed by atoms with Crippen molar-refractivity contribution in [3.63, 3.8) is 0 Å². The van der Waals surface area contributed by atoms with E-state index in [1.807, 2.05) is 30.3 Å². The van der Waals surface area contributed by atoms with Gasteiger partial charge >= 0.3 is 0 Å². The van der Waals surface area contributed by atoms with Crippen molar-refractivity contribution >= 4 is 16.7 Å². The summed E-state index contributed by atoms with van der Waals surface area (Å²) in [6, 6.07) is 9.61. The molecule has 0 unspecified atom stereocenters. The zero-order valence-corrected chi connectivity index (χ0v) is 9.50. The number of benzene rings is 1. The van der Waals surface area contributed by atoms with Crippen molar-refractivity contribution in [3.05, 3.63) is 54.2 Å². The lowest BCUT2D eigenvalue weighted by molar-refractivity contribution is 0.0984. The first-order valence-electron chi connectivity index (χ1n) is 5.56. The van der Waals surface area contributed by atoms with E-state index in [1.54, 1.807) is 6.20 Å². The van der Waals surface area contributed by atoms with Crippen molar-refractivity contribution in [1.29, 1.82) is 0 Å². The van der Waals surface area contributed by atoms with Gasteiger partial charge in [0.1, 0.15) is 6.33 Å². The smallest absolute Gasteiger partial charge is 0.203 e. The van der Waals surface area contributed by atoms with Gasteiger partial charge in [0.2, 0.25) is 5.78 Å². The van der Waals surface area contributed by atoms with Gasteiger partial charge in [0, 0.05) is 18.0 Å². The zero-order chi connectivity index (χ0) is 12.4. The third-order valence-electron chi connectivity index (χ3n) is 2.77. The second-order valence-electron chi connectivity index (χ2n) is 3.92. The van der Waals surface area contributed by atoms with Crippen LogP contribution in [0.2, 0.25) is 0 Å². The summed E-state index contributed by atoms with van der Waals surface area (Å²) in [7, 11) is 0. The van der Waals surface area contributed by atoms with Gasteiger partial charge < -0.3 is 0 Å². The minimum Gasteiger partial charge on any atom is -0.290 e. The number of ketones is 1.